The molecule has 0 heterocycles. The zero-order valence-corrected chi connectivity index (χ0v) is 16.7. The van der Waals surface area contributed by atoms with Gasteiger partial charge in [0.1, 0.15) is 0 Å². The van der Waals surface area contributed by atoms with Crippen molar-refractivity contribution >= 4 is 27.6 Å². The maximum Gasteiger partial charge on any atom is 0.338 e. The Kier molecular flexibility index (Phi) is 7.71. The fourth-order valence-electron chi connectivity index (χ4n) is 2.41. The summed E-state index contributed by atoms with van der Waals surface area (Å²) in [6, 6.07) is 12.1. The van der Waals surface area contributed by atoms with Crippen LogP contribution >= 0.6 is 0 Å². The molecule has 0 aromatic heterocycles. The van der Waals surface area contributed by atoms with Gasteiger partial charge in [-0.3, -0.25) is 4.79 Å². The second kappa shape index (κ2) is 10.0. The van der Waals surface area contributed by atoms with E-state index in [9.17, 15) is 18.0 Å². The van der Waals surface area contributed by atoms with Crippen molar-refractivity contribution in [2.75, 3.05) is 18.5 Å². The molecule has 2 aromatic rings. The number of unbranched alkanes of at least 4 members (excludes halogenated alkanes) is 1. The Morgan fingerprint density at radius 3 is 2.43 bits per heavy atom. The number of anilines is 1. The van der Waals surface area contributed by atoms with Gasteiger partial charge in [0, 0.05) is 17.8 Å². The summed E-state index contributed by atoms with van der Waals surface area (Å²) >= 11 is 0. The number of ether oxygens (including phenoxy) is 1. The van der Waals surface area contributed by atoms with Crippen molar-refractivity contribution in [1.82, 2.24) is 4.72 Å². The van der Waals surface area contributed by atoms with Crippen LogP contribution in [0, 0.1) is 0 Å². The van der Waals surface area contributed by atoms with Crippen molar-refractivity contribution in [2.45, 2.75) is 31.6 Å². The van der Waals surface area contributed by atoms with E-state index in [1.165, 1.54) is 30.3 Å². The highest BCUT2D eigenvalue weighted by Crippen LogP contribution is 2.16. The van der Waals surface area contributed by atoms with Crippen LogP contribution in [0.25, 0.3) is 0 Å². The van der Waals surface area contributed by atoms with Gasteiger partial charge >= 0.3 is 5.97 Å². The number of nitrogens with one attached hydrogen (secondary N) is 2. The lowest BCUT2D eigenvalue weighted by Gasteiger charge is -2.10. The second-order valence-corrected chi connectivity index (χ2v) is 7.80. The van der Waals surface area contributed by atoms with Crippen LogP contribution in [0.1, 0.15) is 47.4 Å². The van der Waals surface area contributed by atoms with E-state index in [1.54, 1.807) is 25.1 Å². The summed E-state index contributed by atoms with van der Waals surface area (Å²) in [5, 5.41) is 2.66. The van der Waals surface area contributed by atoms with Crippen LogP contribution in [-0.2, 0) is 14.8 Å². The number of carbonyl (C=O) groups is 2. The quantitative estimate of drug-likeness (QED) is 0.494. The Bertz CT molecular complexity index is 941. The SMILES string of the molecule is CCCCNS(=O)(=O)c1cccc(C(=O)Nc2cccc(C(=O)OCC)c2)c1. The summed E-state index contributed by atoms with van der Waals surface area (Å²) in [7, 11) is -3.68. The topological polar surface area (TPSA) is 102 Å². The van der Waals surface area contributed by atoms with Crippen LogP contribution < -0.4 is 10.0 Å². The molecule has 0 saturated carbocycles. The molecule has 0 aliphatic rings. The molecule has 0 bridgehead atoms. The fourth-order valence-corrected chi connectivity index (χ4v) is 3.53. The van der Waals surface area contributed by atoms with Gasteiger partial charge < -0.3 is 10.1 Å². The average Bonchev–Trinajstić information content (AvgIpc) is 2.68. The van der Waals surface area contributed by atoms with Crippen LogP contribution in [-0.4, -0.2) is 33.4 Å². The minimum Gasteiger partial charge on any atom is -0.462 e. The molecule has 0 aliphatic heterocycles. The van der Waals surface area contributed by atoms with Gasteiger partial charge in [-0.1, -0.05) is 25.5 Å². The van der Waals surface area contributed by atoms with Crippen molar-refractivity contribution in [1.29, 1.82) is 0 Å². The van der Waals surface area contributed by atoms with E-state index in [2.05, 4.69) is 10.0 Å². The Morgan fingerprint density at radius 2 is 1.71 bits per heavy atom. The summed E-state index contributed by atoms with van der Waals surface area (Å²) in [4.78, 5) is 24.3. The molecule has 7 nitrogen and oxygen atoms in total. The highest BCUT2D eigenvalue weighted by atomic mass is 32.2. The van der Waals surface area contributed by atoms with Crippen molar-refractivity contribution in [2.24, 2.45) is 0 Å². The molecule has 0 saturated heterocycles. The molecule has 0 spiro atoms. The number of hydrogen-bond acceptors (Lipinski definition) is 5. The van der Waals surface area contributed by atoms with E-state index < -0.39 is 21.9 Å². The third kappa shape index (κ3) is 5.90. The van der Waals surface area contributed by atoms with Crippen molar-refractivity contribution in [3.63, 3.8) is 0 Å². The summed E-state index contributed by atoms with van der Waals surface area (Å²) in [6.45, 7) is 4.27. The van der Waals surface area contributed by atoms with Crippen molar-refractivity contribution < 1.29 is 22.7 Å². The van der Waals surface area contributed by atoms with E-state index in [-0.39, 0.29) is 17.1 Å². The number of esters is 1. The summed E-state index contributed by atoms with van der Waals surface area (Å²) in [5.41, 5.74) is 0.917. The summed E-state index contributed by atoms with van der Waals surface area (Å²) < 4.78 is 32.1. The van der Waals surface area contributed by atoms with Crippen LogP contribution in [0.5, 0.6) is 0 Å². The molecule has 2 N–H and O–H groups in total. The van der Waals surface area contributed by atoms with Crippen LogP contribution in [0.15, 0.2) is 53.4 Å². The molecular formula is C20H24N2O5S. The zero-order valence-electron chi connectivity index (χ0n) is 15.9. The number of sulfonamides is 1. The summed E-state index contributed by atoms with van der Waals surface area (Å²) in [6.07, 6.45) is 1.60. The van der Waals surface area contributed by atoms with E-state index in [1.807, 2.05) is 6.92 Å². The predicted molar refractivity (Wildman–Crippen MR) is 107 cm³/mol. The molecule has 2 aromatic carbocycles. The van der Waals surface area contributed by atoms with E-state index >= 15 is 0 Å². The molecule has 0 fully saturated rings. The minimum absolute atomic E-state index is 0.0246. The van der Waals surface area contributed by atoms with Gasteiger partial charge in [0.2, 0.25) is 10.0 Å². The van der Waals surface area contributed by atoms with Gasteiger partial charge in [0.25, 0.3) is 5.91 Å². The first-order chi connectivity index (χ1) is 13.4. The van der Waals surface area contributed by atoms with E-state index in [0.29, 0.717) is 17.8 Å². The Balaban J connectivity index is 2.15. The first kappa shape index (κ1) is 21.6. The smallest absolute Gasteiger partial charge is 0.338 e. The fraction of sp³-hybridized carbons (Fsp3) is 0.300. The lowest BCUT2D eigenvalue weighted by Crippen LogP contribution is -2.25. The average molecular weight is 404 g/mol. The van der Waals surface area contributed by atoms with Gasteiger partial charge in [-0.15, -0.1) is 0 Å². The molecular weight excluding hydrogens is 380 g/mol. The highest BCUT2D eigenvalue weighted by Gasteiger charge is 2.16. The normalized spacial score (nSPS) is 11.1. The van der Waals surface area contributed by atoms with Gasteiger partial charge in [0.05, 0.1) is 17.1 Å². The standard InChI is InChI=1S/C20H24N2O5S/c1-3-5-12-21-28(25,26)18-11-7-8-15(14-18)19(23)22-17-10-6-9-16(13-17)20(24)27-4-2/h6-11,13-14,21H,3-5,12H2,1-2H3,(H,22,23). The Labute approximate surface area is 165 Å². The molecule has 28 heavy (non-hydrogen) atoms. The molecule has 150 valence electrons. The Morgan fingerprint density at radius 1 is 1.00 bits per heavy atom. The molecule has 1 amide bonds. The number of amides is 1. The zero-order chi connectivity index (χ0) is 20.6. The maximum absolute atomic E-state index is 12.5. The number of rotatable bonds is 9. The van der Waals surface area contributed by atoms with Crippen LogP contribution in [0.3, 0.4) is 0 Å². The van der Waals surface area contributed by atoms with Crippen molar-refractivity contribution in [3.05, 3.63) is 59.7 Å². The van der Waals surface area contributed by atoms with Gasteiger partial charge in [0.15, 0.2) is 0 Å². The monoisotopic (exact) mass is 404 g/mol. The molecule has 0 aliphatic carbocycles. The first-order valence-corrected chi connectivity index (χ1v) is 10.5. The molecule has 0 atom stereocenters. The maximum atomic E-state index is 12.5. The van der Waals surface area contributed by atoms with Crippen molar-refractivity contribution in [3.8, 4) is 0 Å². The van der Waals surface area contributed by atoms with Gasteiger partial charge in [-0.2, -0.15) is 0 Å². The highest BCUT2D eigenvalue weighted by molar-refractivity contribution is 7.89. The van der Waals surface area contributed by atoms with Crippen LogP contribution in [0.2, 0.25) is 0 Å². The molecule has 0 radical (unpaired) electrons. The second-order valence-electron chi connectivity index (χ2n) is 6.03. The predicted octanol–water partition coefficient (Wildman–Crippen LogP) is 3.19. The number of carbonyl (C=O) groups excluding carboxylic acids is 2. The first-order valence-electron chi connectivity index (χ1n) is 9.05. The molecule has 2 rings (SSSR count). The summed E-state index contributed by atoms with van der Waals surface area (Å²) in [5.74, 6) is -0.962. The minimum atomic E-state index is -3.68. The third-order valence-corrected chi connectivity index (χ3v) is 5.32. The van der Waals surface area contributed by atoms with E-state index in [4.69, 9.17) is 4.74 Å². The molecule has 8 heteroatoms. The molecule has 0 unspecified atom stereocenters. The van der Waals surface area contributed by atoms with E-state index in [0.717, 1.165) is 12.8 Å². The largest absolute Gasteiger partial charge is 0.462 e. The Hall–Kier alpha value is -2.71. The number of hydrogen-bond donors (Lipinski definition) is 2. The van der Waals surface area contributed by atoms with Crippen LogP contribution in [0.4, 0.5) is 5.69 Å². The number of benzene rings is 2. The van der Waals surface area contributed by atoms with Gasteiger partial charge in [-0.05, 0) is 49.7 Å². The third-order valence-electron chi connectivity index (χ3n) is 3.86. The van der Waals surface area contributed by atoms with Gasteiger partial charge in [-0.25, -0.2) is 17.9 Å². The lowest BCUT2D eigenvalue weighted by molar-refractivity contribution is 0.0526. The lowest BCUT2D eigenvalue weighted by atomic mass is 10.1.